The summed E-state index contributed by atoms with van der Waals surface area (Å²) in [6.07, 6.45) is 0.248. The number of piperazine rings is 1. The van der Waals surface area contributed by atoms with Gasteiger partial charge in [-0.15, -0.1) is 11.3 Å². The Labute approximate surface area is 158 Å². The van der Waals surface area contributed by atoms with Crippen LogP contribution in [0, 0.1) is 0 Å². The zero-order valence-electron chi connectivity index (χ0n) is 15.1. The van der Waals surface area contributed by atoms with Crippen molar-refractivity contribution in [2.24, 2.45) is 0 Å². The lowest BCUT2D eigenvalue weighted by Crippen LogP contribution is -2.43. The second kappa shape index (κ2) is 9.23. The minimum absolute atomic E-state index is 0.0471. The summed E-state index contributed by atoms with van der Waals surface area (Å²) in [6, 6.07) is 8.56. The van der Waals surface area contributed by atoms with Gasteiger partial charge in [0.15, 0.2) is 0 Å². The first-order valence-corrected chi connectivity index (χ1v) is 9.84. The number of hydrogen-bond donors (Lipinski definition) is 2. The zero-order valence-corrected chi connectivity index (χ0v) is 16.0. The first-order chi connectivity index (χ1) is 12.6. The van der Waals surface area contributed by atoms with Crippen LogP contribution in [-0.2, 0) is 17.8 Å². The van der Waals surface area contributed by atoms with Gasteiger partial charge < -0.3 is 15.3 Å². The van der Waals surface area contributed by atoms with Gasteiger partial charge >= 0.3 is 0 Å². The Kier molecular flexibility index (Phi) is 6.73. The smallest absolute Gasteiger partial charge is 0.226 e. The fraction of sp³-hybridized carbons (Fsp3) is 0.474. The molecule has 3 rings (SSSR count). The number of amides is 1. The molecule has 0 unspecified atom stereocenters. The Morgan fingerprint density at radius 1 is 1.23 bits per heavy atom. The average molecular weight is 375 g/mol. The van der Waals surface area contributed by atoms with Crippen LogP contribution >= 0.6 is 11.3 Å². The molecule has 1 aliphatic heterocycles. The number of aromatic nitrogens is 1. The molecule has 1 aliphatic rings. The van der Waals surface area contributed by atoms with Crippen molar-refractivity contribution in [1.82, 2.24) is 20.1 Å². The predicted octanol–water partition coefficient (Wildman–Crippen LogP) is 1.21. The second-order valence-corrected chi connectivity index (χ2v) is 7.53. The van der Waals surface area contributed by atoms with Crippen molar-refractivity contribution in [3.05, 3.63) is 40.9 Å². The Hall–Kier alpha value is -1.80. The molecule has 6 nitrogen and oxygen atoms in total. The molecule has 140 valence electrons. The largest absolute Gasteiger partial charge is 0.395 e. The fourth-order valence-corrected chi connectivity index (χ4v) is 3.79. The average Bonchev–Trinajstić information content (AvgIpc) is 3.11. The van der Waals surface area contributed by atoms with Gasteiger partial charge in [0.1, 0.15) is 5.01 Å². The lowest BCUT2D eigenvalue weighted by Gasteiger charge is -2.32. The number of thiazole rings is 1. The van der Waals surface area contributed by atoms with Crippen LogP contribution in [0.4, 0.5) is 0 Å². The number of benzene rings is 1. The molecule has 26 heavy (non-hydrogen) atoms. The number of carbonyl (C=O) groups excluding carboxylic acids is 1. The van der Waals surface area contributed by atoms with E-state index in [2.05, 4.69) is 51.4 Å². The van der Waals surface area contributed by atoms with E-state index >= 15 is 0 Å². The summed E-state index contributed by atoms with van der Waals surface area (Å²) in [4.78, 5) is 21.1. The Morgan fingerprint density at radius 3 is 2.65 bits per heavy atom. The van der Waals surface area contributed by atoms with Gasteiger partial charge in [-0.1, -0.05) is 24.3 Å². The third kappa shape index (κ3) is 5.35. The van der Waals surface area contributed by atoms with Crippen molar-refractivity contribution in [2.45, 2.75) is 13.0 Å². The molecule has 0 bridgehead atoms. The van der Waals surface area contributed by atoms with Crippen molar-refractivity contribution >= 4 is 17.2 Å². The number of aliphatic hydroxyl groups excluding tert-OH is 1. The highest BCUT2D eigenvalue weighted by molar-refractivity contribution is 7.13. The molecule has 1 fully saturated rings. The van der Waals surface area contributed by atoms with Crippen LogP contribution in [0.1, 0.15) is 11.3 Å². The number of likely N-dealkylation sites (N-methyl/N-ethyl adjacent to an activating group) is 1. The van der Waals surface area contributed by atoms with Gasteiger partial charge in [-0.05, 0) is 12.6 Å². The van der Waals surface area contributed by atoms with E-state index in [1.165, 1.54) is 5.56 Å². The van der Waals surface area contributed by atoms with Crippen LogP contribution < -0.4 is 5.32 Å². The maximum absolute atomic E-state index is 11.7. The van der Waals surface area contributed by atoms with Crippen molar-refractivity contribution in [3.63, 3.8) is 0 Å². The van der Waals surface area contributed by atoms with Crippen molar-refractivity contribution in [3.8, 4) is 10.6 Å². The molecule has 0 spiro atoms. The first-order valence-electron chi connectivity index (χ1n) is 8.96. The van der Waals surface area contributed by atoms with Gasteiger partial charge in [0.05, 0.1) is 18.7 Å². The molecule has 7 heteroatoms. The summed E-state index contributed by atoms with van der Waals surface area (Å²) in [5, 5.41) is 14.2. The van der Waals surface area contributed by atoms with E-state index < -0.39 is 0 Å². The van der Waals surface area contributed by atoms with Crippen LogP contribution in [0.15, 0.2) is 29.6 Å². The Bertz CT molecular complexity index is 709. The molecular formula is C19H26N4O2S. The molecule has 0 atom stereocenters. The Balaban J connectivity index is 1.56. The van der Waals surface area contributed by atoms with Crippen LogP contribution in [0.2, 0.25) is 0 Å². The highest BCUT2D eigenvalue weighted by atomic mass is 32.1. The molecule has 1 aromatic carbocycles. The van der Waals surface area contributed by atoms with Crippen LogP contribution in [0.5, 0.6) is 0 Å². The number of nitrogens with zero attached hydrogens (tertiary/aromatic N) is 3. The number of aliphatic hydroxyl groups is 1. The summed E-state index contributed by atoms with van der Waals surface area (Å²) >= 11 is 1.55. The molecule has 1 amide bonds. The second-order valence-electron chi connectivity index (χ2n) is 6.67. The predicted molar refractivity (Wildman–Crippen MR) is 104 cm³/mol. The van der Waals surface area contributed by atoms with E-state index in [-0.39, 0.29) is 25.5 Å². The van der Waals surface area contributed by atoms with Crippen LogP contribution in [0.25, 0.3) is 10.6 Å². The van der Waals surface area contributed by atoms with E-state index in [1.807, 2.05) is 5.38 Å². The van der Waals surface area contributed by atoms with E-state index in [4.69, 9.17) is 5.11 Å². The van der Waals surface area contributed by atoms with E-state index in [9.17, 15) is 4.79 Å². The number of rotatable bonds is 7. The lowest BCUT2D eigenvalue weighted by molar-refractivity contribution is -0.120. The van der Waals surface area contributed by atoms with E-state index in [0.29, 0.717) is 0 Å². The summed E-state index contributed by atoms with van der Waals surface area (Å²) < 4.78 is 0. The number of carbonyl (C=O) groups is 1. The first kappa shape index (κ1) is 19.0. The van der Waals surface area contributed by atoms with Crippen molar-refractivity contribution < 1.29 is 9.90 Å². The molecule has 1 aromatic heterocycles. The third-order valence-corrected chi connectivity index (χ3v) is 5.47. The maximum Gasteiger partial charge on any atom is 0.226 e. The summed E-state index contributed by atoms with van der Waals surface area (Å²) in [5.74, 6) is -0.113. The summed E-state index contributed by atoms with van der Waals surface area (Å²) in [6.45, 7) is 5.72. The SMILES string of the molecule is CN1CCN(Cc2ccc(-c3nc(CC(=O)NCCO)cs3)cc2)CC1. The quantitative estimate of drug-likeness (QED) is 0.762. The highest BCUT2D eigenvalue weighted by Crippen LogP contribution is 2.24. The van der Waals surface area contributed by atoms with E-state index in [1.54, 1.807) is 11.3 Å². The monoisotopic (exact) mass is 374 g/mol. The van der Waals surface area contributed by atoms with Gasteiger partial charge in [-0.25, -0.2) is 4.98 Å². The van der Waals surface area contributed by atoms with E-state index in [0.717, 1.165) is 49.0 Å². The summed E-state index contributed by atoms with van der Waals surface area (Å²) in [7, 11) is 2.17. The minimum atomic E-state index is -0.113. The molecule has 1 saturated heterocycles. The maximum atomic E-state index is 11.7. The van der Waals surface area contributed by atoms with Gasteiger partial charge in [0, 0.05) is 50.2 Å². The molecule has 2 aromatic rings. The number of nitrogens with one attached hydrogen (secondary N) is 1. The van der Waals surface area contributed by atoms with Gasteiger partial charge in [-0.3, -0.25) is 9.69 Å². The molecule has 0 saturated carbocycles. The van der Waals surface area contributed by atoms with Crippen LogP contribution in [0.3, 0.4) is 0 Å². The molecule has 2 N–H and O–H groups in total. The standard InChI is InChI=1S/C19H26N4O2S/c1-22-7-9-23(10-8-22)13-15-2-4-16(5-3-15)19-21-17(14-26-19)12-18(25)20-6-11-24/h2-5,14,24H,6-13H2,1H3,(H,20,25). The highest BCUT2D eigenvalue weighted by Gasteiger charge is 2.14. The minimum Gasteiger partial charge on any atom is -0.395 e. The van der Waals surface area contributed by atoms with Gasteiger partial charge in [-0.2, -0.15) is 0 Å². The zero-order chi connectivity index (χ0) is 18.4. The normalized spacial score (nSPS) is 15.9. The lowest BCUT2D eigenvalue weighted by atomic mass is 10.1. The summed E-state index contributed by atoms with van der Waals surface area (Å²) in [5.41, 5.74) is 3.17. The molecule has 0 radical (unpaired) electrons. The molecule has 2 heterocycles. The molecular weight excluding hydrogens is 348 g/mol. The van der Waals surface area contributed by atoms with Crippen molar-refractivity contribution in [2.75, 3.05) is 46.4 Å². The third-order valence-electron chi connectivity index (χ3n) is 4.53. The van der Waals surface area contributed by atoms with Crippen molar-refractivity contribution in [1.29, 1.82) is 0 Å². The molecule has 0 aliphatic carbocycles. The van der Waals surface area contributed by atoms with Gasteiger partial charge in [0.25, 0.3) is 0 Å². The topological polar surface area (TPSA) is 68.7 Å². The Morgan fingerprint density at radius 2 is 1.96 bits per heavy atom. The number of hydrogen-bond acceptors (Lipinski definition) is 6. The fourth-order valence-electron chi connectivity index (χ4n) is 2.96. The van der Waals surface area contributed by atoms with Gasteiger partial charge in [0.2, 0.25) is 5.91 Å². The van der Waals surface area contributed by atoms with Crippen LogP contribution in [-0.4, -0.2) is 72.2 Å².